The predicted octanol–water partition coefficient (Wildman–Crippen LogP) is 1.29. The van der Waals surface area contributed by atoms with Gasteiger partial charge in [0.25, 0.3) is 0 Å². The van der Waals surface area contributed by atoms with E-state index in [4.69, 9.17) is 0 Å². The summed E-state index contributed by atoms with van der Waals surface area (Å²) in [5.41, 5.74) is 2.34. The monoisotopic (exact) mass is 929 g/mol. The van der Waals surface area contributed by atoms with Crippen LogP contribution in [0.5, 0.6) is 0 Å². The Kier molecular flexibility index (Phi) is 21.8. The number of carbonyl (C=O) groups excluding carboxylic acids is 8. The molecule has 18 heteroatoms. The topological polar surface area (TPSA) is 252 Å². The zero-order chi connectivity index (χ0) is 48.0. The summed E-state index contributed by atoms with van der Waals surface area (Å²) < 4.78 is 0. The van der Waals surface area contributed by atoms with Gasteiger partial charge in [-0.25, -0.2) is 0 Å². The number of likely N-dealkylation sites (tertiary alicyclic amines) is 1. The molecular weight excluding hydrogens is 867 g/mol. The molecule has 8 N–H and O–H groups in total. The van der Waals surface area contributed by atoms with Crippen molar-refractivity contribution >= 4 is 58.2 Å². The third-order valence-electron chi connectivity index (χ3n) is 10.9. The highest BCUT2D eigenvalue weighted by Crippen LogP contribution is 2.19. The van der Waals surface area contributed by atoms with Crippen molar-refractivity contribution in [3.63, 3.8) is 0 Å². The van der Waals surface area contributed by atoms with Gasteiger partial charge in [0, 0.05) is 31.6 Å². The summed E-state index contributed by atoms with van der Waals surface area (Å²) in [5, 5.41) is 35.4. The molecule has 356 valence electrons. The Balaban J connectivity index is 1.38. The molecule has 0 saturated carbocycles. The van der Waals surface area contributed by atoms with Crippen LogP contribution in [0.15, 0.2) is 91.0 Å². The van der Waals surface area contributed by atoms with Crippen LogP contribution in [0.2, 0.25) is 0 Å². The van der Waals surface area contributed by atoms with Gasteiger partial charge in [0.05, 0.1) is 19.8 Å². The number of rotatable bonds is 25. The first-order valence-corrected chi connectivity index (χ1v) is 23.3. The lowest BCUT2D eigenvalue weighted by atomic mass is 10.0. The maximum atomic E-state index is 13.9. The van der Waals surface area contributed by atoms with E-state index in [0.29, 0.717) is 30.1 Å². The molecule has 0 radical (unpaired) electrons. The first-order valence-electron chi connectivity index (χ1n) is 22.3. The van der Waals surface area contributed by atoms with Gasteiger partial charge in [-0.1, -0.05) is 123 Å². The van der Waals surface area contributed by atoms with E-state index >= 15 is 0 Å². The summed E-state index contributed by atoms with van der Waals surface area (Å²) in [4.78, 5) is 108. The Hall–Kier alpha value is -6.11. The van der Waals surface area contributed by atoms with Gasteiger partial charge in [-0.2, -0.15) is 0 Å². The van der Waals surface area contributed by atoms with Crippen molar-refractivity contribution in [2.24, 2.45) is 5.92 Å². The number of benzene rings is 3. The van der Waals surface area contributed by atoms with Crippen molar-refractivity contribution in [3.05, 3.63) is 108 Å². The molecule has 0 bridgehead atoms. The Morgan fingerprint density at radius 2 is 1.14 bits per heavy atom. The molecule has 66 heavy (non-hydrogen) atoms. The van der Waals surface area contributed by atoms with Gasteiger partial charge in [-0.15, -0.1) is 0 Å². The van der Waals surface area contributed by atoms with Crippen molar-refractivity contribution < 1.29 is 48.6 Å². The molecular formula is C48H63N7O10S. The van der Waals surface area contributed by atoms with E-state index < -0.39 is 84.9 Å². The molecule has 0 aromatic heterocycles. The lowest BCUT2D eigenvalue weighted by molar-refractivity contribution is -0.142. The van der Waals surface area contributed by atoms with Crippen LogP contribution in [0.25, 0.3) is 0 Å². The van der Waals surface area contributed by atoms with Crippen molar-refractivity contribution in [2.45, 2.75) is 108 Å². The van der Waals surface area contributed by atoms with Crippen LogP contribution < -0.4 is 31.9 Å². The number of nitrogens with zero attached hydrogens (tertiary/aromatic N) is 1. The highest BCUT2D eigenvalue weighted by Gasteiger charge is 2.39. The molecule has 4 rings (SSSR count). The minimum atomic E-state index is -1.52. The Morgan fingerprint density at radius 1 is 0.636 bits per heavy atom. The zero-order valence-corrected chi connectivity index (χ0v) is 38.5. The average molecular weight is 930 g/mol. The molecule has 6 atom stereocenters. The number of amides is 7. The van der Waals surface area contributed by atoms with E-state index in [9.17, 15) is 48.6 Å². The second kappa shape index (κ2) is 27.4. The summed E-state index contributed by atoms with van der Waals surface area (Å²) >= 11 is 1.01. The minimum absolute atomic E-state index is 0.0366. The lowest BCUT2D eigenvalue weighted by Crippen LogP contribution is -2.60. The molecule has 7 amide bonds. The van der Waals surface area contributed by atoms with E-state index in [0.717, 1.165) is 29.3 Å². The summed E-state index contributed by atoms with van der Waals surface area (Å²) in [6.07, 6.45) is 2.40. The van der Waals surface area contributed by atoms with Crippen LogP contribution in [0.1, 0.15) is 69.6 Å². The van der Waals surface area contributed by atoms with Gasteiger partial charge < -0.3 is 47.0 Å². The second-order valence-electron chi connectivity index (χ2n) is 16.6. The fourth-order valence-electron chi connectivity index (χ4n) is 7.26. The van der Waals surface area contributed by atoms with Crippen LogP contribution in [-0.4, -0.2) is 124 Å². The maximum absolute atomic E-state index is 13.9. The Bertz CT molecular complexity index is 2080. The molecule has 0 unspecified atom stereocenters. The predicted molar refractivity (Wildman–Crippen MR) is 249 cm³/mol. The molecule has 1 heterocycles. The van der Waals surface area contributed by atoms with E-state index in [-0.39, 0.29) is 49.8 Å². The van der Waals surface area contributed by atoms with Gasteiger partial charge in [0.15, 0.2) is 0 Å². The Labute approximate surface area is 390 Å². The SMILES string of the molecule is CC(C)CCCC(=O)N[C@@H](Cc1ccccc1)C(=O)N[C@H](CO)C(=O)N[C@@H](Cc1ccccc1)C(=O)N[C@H](C)C(=O)N1CCC[C@H]1C(=O)N[C@@H](CO)C(=O)NCC(=O)SCc1ccccc1. The van der Waals surface area contributed by atoms with E-state index in [1.165, 1.54) is 11.8 Å². The third kappa shape index (κ3) is 17.4. The maximum Gasteiger partial charge on any atom is 0.245 e. The van der Waals surface area contributed by atoms with Crippen LogP contribution in [0.3, 0.4) is 0 Å². The minimum Gasteiger partial charge on any atom is -0.394 e. The van der Waals surface area contributed by atoms with Gasteiger partial charge in [0.1, 0.15) is 36.3 Å². The van der Waals surface area contributed by atoms with Crippen molar-refractivity contribution in [2.75, 3.05) is 26.3 Å². The summed E-state index contributed by atoms with van der Waals surface area (Å²) in [5.74, 6) is -4.01. The smallest absolute Gasteiger partial charge is 0.245 e. The molecule has 1 fully saturated rings. The molecule has 17 nitrogen and oxygen atoms in total. The van der Waals surface area contributed by atoms with Crippen molar-refractivity contribution in [1.29, 1.82) is 0 Å². The largest absolute Gasteiger partial charge is 0.394 e. The van der Waals surface area contributed by atoms with E-state index in [1.54, 1.807) is 54.6 Å². The highest BCUT2D eigenvalue weighted by molar-refractivity contribution is 8.13. The molecule has 3 aromatic rings. The van der Waals surface area contributed by atoms with E-state index in [2.05, 4.69) is 31.9 Å². The summed E-state index contributed by atoms with van der Waals surface area (Å²) in [7, 11) is 0. The number of aliphatic hydroxyl groups is 2. The van der Waals surface area contributed by atoms with Gasteiger partial charge in [0.2, 0.25) is 46.5 Å². The lowest BCUT2D eigenvalue weighted by Gasteiger charge is -2.29. The van der Waals surface area contributed by atoms with Crippen molar-refractivity contribution in [1.82, 2.24) is 36.8 Å². The summed E-state index contributed by atoms with van der Waals surface area (Å²) in [6.45, 7) is 3.74. The molecule has 1 saturated heterocycles. The number of thioether (sulfide) groups is 1. The first-order chi connectivity index (χ1) is 31.7. The third-order valence-corrected chi connectivity index (χ3v) is 11.8. The van der Waals surface area contributed by atoms with Gasteiger partial charge in [-0.3, -0.25) is 38.4 Å². The second-order valence-corrected chi connectivity index (χ2v) is 17.7. The number of aliphatic hydroxyl groups excluding tert-OH is 2. The fraction of sp³-hybridized carbons (Fsp3) is 0.458. The van der Waals surface area contributed by atoms with Gasteiger partial charge >= 0.3 is 0 Å². The van der Waals surface area contributed by atoms with E-state index in [1.807, 2.05) is 50.2 Å². The quantitative estimate of drug-likeness (QED) is 0.0602. The normalized spacial score (nSPS) is 15.6. The van der Waals surface area contributed by atoms with Crippen molar-refractivity contribution in [3.8, 4) is 0 Å². The standard InChI is InChI=1S/C48H63N7O10S/c1-31(2)15-13-23-41(58)51-36(25-33-16-7-4-8-17-33)45(62)53-39(29-57)46(63)52-37(26-34-18-9-5-10-19-34)44(61)50-32(3)48(65)55-24-14-22-40(55)47(64)54-38(28-56)43(60)49-27-42(59)66-30-35-20-11-6-12-21-35/h4-12,16-21,31-32,36-40,56-57H,13-15,22-30H2,1-3H3,(H,49,60)(H,50,61)(H,51,58)(H,52,63)(H,53,62)(H,54,64)/t32-,36+,37+,38+,39-,40+/m1/s1. The number of nitrogens with one attached hydrogen (secondary N) is 6. The zero-order valence-electron chi connectivity index (χ0n) is 37.7. The number of hydrogen-bond acceptors (Lipinski definition) is 11. The van der Waals surface area contributed by atoms with Crippen LogP contribution >= 0.6 is 11.8 Å². The Morgan fingerprint density at radius 3 is 1.70 bits per heavy atom. The molecule has 1 aliphatic rings. The van der Waals surface area contributed by atoms with Crippen LogP contribution in [0, 0.1) is 5.92 Å². The molecule has 0 spiro atoms. The summed E-state index contributed by atoms with van der Waals surface area (Å²) in [6, 6.07) is 19.5. The average Bonchev–Trinajstić information content (AvgIpc) is 3.81. The number of hydrogen-bond donors (Lipinski definition) is 8. The molecule has 1 aliphatic heterocycles. The molecule has 3 aromatic carbocycles. The number of carbonyl (C=O) groups is 8. The van der Waals surface area contributed by atoms with Crippen LogP contribution in [-0.2, 0) is 57.0 Å². The highest BCUT2D eigenvalue weighted by atomic mass is 32.2. The van der Waals surface area contributed by atoms with Gasteiger partial charge in [-0.05, 0) is 48.8 Å². The van der Waals surface area contributed by atoms with Crippen LogP contribution in [0.4, 0.5) is 0 Å². The fourth-order valence-corrected chi connectivity index (χ4v) is 7.95. The molecule has 0 aliphatic carbocycles. The first kappa shape index (κ1) is 52.5.